The van der Waals surface area contributed by atoms with Crippen LogP contribution >= 0.6 is 0 Å². The maximum Gasteiger partial charge on any atom is 0.338 e. The van der Waals surface area contributed by atoms with E-state index in [1.165, 1.54) is 6.07 Å². The highest BCUT2D eigenvalue weighted by Gasteiger charge is 2.21. The predicted octanol–water partition coefficient (Wildman–Crippen LogP) is 2.58. The van der Waals surface area contributed by atoms with Gasteiger partial charge in [-0.3, -0.25) is 9.10 Å². The summed E-state index contributed by atoms with van der Waals surface area (Å²) in [5.74, 6) is -1.02. The number of nitrogens with one attached hydrogen (secondary N) is 1. The molecule has 0 spiro atoms. The zero-order valence-electron chi connectivity index (χ0n) is 15.4. The molecule has 2 rings (SSSR count). The summed E-state index contributed by atoms with van der Waals surface area (Å²) in [6, 6.07) is 13.2. The molecule has 1 amide bonds. The Morgan fingerprint density at radius 1 is 1.11 bits per heavy atom. The van der Waals surface area contributed by atoms with Gasteiger partial charge in [-0.05, 0) is 49.7 Å². The third-order valence-electron chi connectivity index (χ3n) is 3.63. The minimum Gasteiger partial charge on any atom is -0.462 e. The number of sulfonamides is 1. The van der Waals surface area contributed by atoms with E-state index in [4.69, 9.17) is 4.74 Å². The fourth-order valence-electron chi connectivity index (χ4n) is 2.45. The molecule has 0 bridgehead atoms. The van der Waals surface area contributed by atoms with Gasteiger partial charge in [-0.25, -0.2) is 13.2 Å². The quantitative estimate of drug-likeness (QED) is 0.734. The highest BCUT2D eigenvalue weighted by molar-refractivity contribution is 7.92. The first-order chi connectivity index (χ1) is 12.7. The highest BCUT2D eigenvalue weighted by atomic mass is 32.2. The summed E-state index contributed by atoms with van der Waals surface area (Å²) >= 11 is 0. The molecule has 144 valence electrons. The van der Waals surface area contributed by atoms with Gasteiger partial charge in [0.05, 0.1) is 24.1 Å². The second-order valence-electron chi connectivity index (χ2n) is 5.96. The Balaban J connectivity index is 2.17. The lowest BCUT2D eigenvalue weighted by molar-refractivity contribution is -0.114. The molecule has 27 heavy (non-hydrogen) atoms. The van der Waals surface area contributed by atoms with E-state index in [9.17, 15) is 18.0 Å². The summed E-state index contributed by atoms with van der Waals surface area (Å²) in [6.07, 6.45) is 1.05. The van der Waals surface area contributed by atoms with E-state index in [2.05, 4.69) is 5.32 Å². The van der Waals surface area contributed by atoms with E-state index in [-0.39, 0.29) is 13.2 Å². The van der Waals surface area contributed by atoms with Crippen LogP contribution < -0.4 is 9.62 Å². The van der Waals surface area contributed by atoms with Crippen LogP contribution in [0.2, 0.25) is 0 Å². The van der Waals surface area contributed by atoms with Gasteiger partial charge in [0.2, 0.25) is 15.9 Å². The van der Waals surface area contributed by atoms with Crippen LogP contribution in [-0.2, 0) is 19.6 Å². The van der Waals surface area contributed by atoms with Gasteiger partial charge in [-0.15, -0.1) is 0 Å². The number of nitrogens with zero attached hydrogens (tertiary/aromatic N) is 1. The number of esters is 1. The van der Waals surface area contributed by atoms with Crippen molar-refractivity contribution < 1.29 is 22.7 Å². The van der Waals surface area contributed by atoms with Crippen molar-refractivity contribution in [3.63, 3.8) is 0 Å². The molecule has 0 aliphatic rings. The van der Waals surface area contributed by atoms with Crippen molar-refractivity contribution in [3.05, 3.63) is 59.7 Å². The number of hydrogen-bond donors (Lipinski definition) is 1. The van der Waals surface area contributed by atoms with Gasteiger partial charge >= 0.3 is 5.97 Å². The molecule has 0 saturated heterocycles. The van der Waals surface area contributed by atoms with Gasteiger partial charge in [0.1, 0.15) is 6.54 Å². The van der Waals surface area contributed by atoms with Gasteiger partial charge < -0.3 is 10.1 Å². The third kappa shape index (κ3) is 5.82. The number of benzene rings is 2. The molecule has 0 radical (unpaired) electrons. The van der Waals surface area contributed by atoms with Gasteiger partial charge in [-0.2, -0.15) is 0 Å². The number of aryl methyl sites for hydroxylation is 1. The molecular formula is C19H22N2O5S. The molecule has 0 atom stereocenters. The van der Waals surface area contributed by atoms with Crippen LogP contribution in [0.15, 0.2) is 48.5 Å². The van der Waals surface area contributed by atoms with E-state index in [1.54, 1.807) is 43.3 Å². The first-order valence-corrected chi connectivity index (χ1v) is 10.2. The number of carbonyl (C=O) groups excluding carboxylic acids is 2. The van der Waals surface area contributed by atoms with E-state index >= 15 is 0 Å². The highest BCUT2D eigenvalue weighted by Crippen LogP contribution is 2.19. The van der Waals surface area contributed by atoms with Crippen molar-refractivity contribution in [2.75, 3.05) is 29.0 Å². The zero-order chi connectivity index (χ0) is 20.0. The first kappa shape index (κ1) is 20.4. The van der Waals surface area contributed by atoms with Crippen molar-refractivity contribution in [3.8, 4) is 0 Å². The van der Waals surface area contributed by atoms with Crippen LogP contribution in [0.1, 0.15) is 22.8 Å². The lowest BCUT2D eigenvalue weighted by atomic mass is 10.2. The Kier molecular flexibility index (Phi) is 6.57. The number of rotatable bonds is 7. The van der Waals surface area contributed by atoms with Gasteiger partial charge in [0.15, 0.2) is 0 Å². The van der Waals surface area contributed by atoms with Gasteiger partial charge in [-0.1, -0.05) is 18.2 Å². The topological polar surface area (TPSA) is 92.8 Å². The summed E-state index contributed by atoms with van der Waals surface area (Å²) in [7, 11) is -3.65. The first-order valence-electron chi connectivity index (χ1n) is 8.32. The van der Waals surface area contributed by atoms with Crippen molar-refractivity contribution in [1.29, 1.82) is 0 Å². The number of ether oxygens (including phenoxy) is 1. The zero-order valence-corrected chi connectivity index (χ0v) is 16.2. The second-order valence-corrected chi connectivity index (χ2v) is 7.86. The normalized spacial score (nSPS) is 10.9. The maximum absolute atomic E-state index is 12.4. The van der Waals surface area contributed by atoms with Gasteiger partial charge in [0, 0.05) is 5.69 Å². The van der Waals surface area contributed by atoms with Crippen LogP contribution in [0, 0.1) is 6.92 Å². The molecule has 0 fully saturated rings. The summed E-state index contributed by atoms with van der Waals surface area (Å²) < 4.78 is 30.2. The van der Waals surface area contributed by atoms with Crippen LogP contribution in [-0.4, -0.2) is 39.7 Å². The predicted molar refractivity (Wildman–Crippen MR) is 104 cm³/mol. The molecular weight excluding hydrogens is 368 g/mol. The summed E-state index contributed by atoms with van der Waals surface area (Å²) in [4.78, 5) is 24.2. The Labute approximate surface area is 159 Å². The number of anilines is 2. The SMILES string of the molecule is CCOC(=O)c1cccc(NC(=O)CN(c2cccc(C)c2)S(C)(=O)=O)c1. The lowest BCUT2D eigenvalue weighted by Gasteiger charge is -2.22. The molecule has 0 aliphatic heterocycles. The number of carbonyl (C=O) groups is 2. The Hall–Kier alpha value is -2.87. The minimum atomic E-state index is -3.65. The molecule has 0 aliphatic carbocycles. The summed E-state index contributed by atoms with van der Waals surface area (Å²) in [5, 5.41) is 2.61. The molecule has 8 heteroatoms. The minimum absolute atomic E-state index is 0.245. The van der Waals surface area contributed by atoms with Crippen LogP contribution in [0.5, 0.6) is 0 Å². The van der Waals surface area contributed by atoms with Crippen LogP contribution in [0.3, 0.4) is 0 Å². The summed E-state index contributed by atoms with van der Waals surface area (Å²) in [5.41, 5.74) is 1.97. The van der Waals surface area contributed by atoms with Crippen molar-refractivity contribution in [1.82, 2.24) is 0 Å². The Bertz CT molecular complexity index is 941. The Morgan fingerprint density at radius 2 is 1.81 bits per heavy atom. The van der Waals surface area contributed by atoms with Crippen molar-refractivity contribution >= 4 is 33.3 Å². The van der Waals surface area contributed by atoms with E-state index in [1.807, 2.05) is 13.0 Å². The molecule has 0 heterocycles. The second kappa shape index (κ2) is 8.68. The van der Waals surface area contributed by atoms with E-state index in [0.29, 0.717) is 16.9 Å². The third-order valence-corrected chi connectivity index (χ3v) is 4.78. The molecule has 0 unspecified atom stereocenters. The fraction of sp³-hybridized carbons (Fsp3) is 0.263. The van der Waals surface area contributed by atoms with Crippen LogP contribution in [0.4, 0.5) is 11.4 Å². The lowest BCUT2D eigenvalue weighted by Crippen LogP contribution is -2.37. The summed E-state index contributed by atoms with van der Waals surface area (Å²) in [6.45, 7) is 3.40. The maximum atomic E-state index is 12.4. The smallest absolute Gasteiger partial charge is 0.338 e. The number of hydrogen-bond acceptors (Lipinski definition) is 5. The molecule has 1 N–H and O–H groups in total. The molecule has 0 saturated carbocycles. The molecule has 2 aromatic rings. The molecule has 2 aromatic carbocycles. The van der Waals surface area contributed by atoms with Crippen LogP contribution in [0.25, 0.3) is 0 Å². The van der Waals surface area contributed by atoms with E-state index in [0.717, 1.165) is 16.1 Å². The fourth-order valence-corrected chi connectivity index (χ4v) is 3.30. The van der Waals surface area contributed by atoms with Crippen molar-refractivity contribution in [2.24, 2.45) is 0 Å². The monoisotopic (exact) mass is 390 g/mol. The molecule has 7 nitrogen and oxygen atoms in total. The average Bonchev–Trinajstić information content (AvgIpc) is 2.59. The molecule has 0 aromatic heterocycles. The van der Waals surface area contributed by atoms with E-state index < -0.39 is 21.9 Å². The average molecular weight is 390 g/mol. The Morgan fingerprint density at radius 3 is 2.44 bits per heavy atom. The van der Waals surface area contributed by atoms with Crippen molar-refractivity contribution in [2.45, 2.75) is 13.8 Å². The number of amides is 1. The van der Waals surface area contributed by atoms with Gasteiger partial charge in [0.25, 0.3) is 0 Å². The standard InChI is InChI=1S/C19H22N2O5S/c1-4-26-19(23)15-8-6-9-16(12-15)20-18(22)13-21(27(3,24)25)17-10-5-7-14(2)11-17/h5-12H,4,13H2,1-3H3,(H,20,22). The largest absolute Gasteiger partial charge is 0.462 e.